The second kappa shape index (κ2) is 7.79. The smallest absolute Gasteiger partial charge is 0.108 e. The summed E-state index contributed by atoms with van der Waals surface area (Å²) >= 11 is 6.85. The Morgan fingerprint density at radius 2 is 1.55 bits per heavy atom. The molecule has 0 radical (unpaired) electrons. The van der Waals surface area contributed by atoms with Crippen LogP contribution in [0.15, 0.2) is 11.1 Å². The molecule has 0 saturated carbocycles. The Morgan fingerprint density at radius 3 is 2.10 bits per heavy atom. The minimum absolute atomic E-state index is 0.0547. The summed E-state index contributed by atoms with van der Waals surface area (Å²) in [7, 11) is 0. The van der Waals surface area contributed by atoms with Crippen LogP contribution in [0.5, 0.6) is 0 Å². The van der Waals surface area contributed by atoms with Crippen LogP contribution in [-0.2, 0) is 0 Å². The van der Waals surface area contributed by atoms with E-state index in [-0.39, 0.29) is 5.50 Å². The maximum Gasteiger partial charge on any atom is 0.108 e. The van der Waals surface area contributed by atoms with Gasteiger partial charge in [-0.25, -0.2) is 0 Å². The quantitative estimate of drug-likeness (QED) is 0.489. The molecule has 0 aliphatic carbocycles. The van der Waals surface area contributed by atoms with Crippen LogP contribution in [0.4, 0.5) is 0 Å². The first-order valence-electron chi connectivity index (χ1n) is 8.11. The molecule has 0 amide bonds. The molecule has 2 fully saturated rings. The number of likely N-dealkylation sites (tertiary alicyclic amines) is 1. The van der Waals surface area contributed by atoms with E-state index < -0.39 is 0 Å². The Balaban J connectivity index is 2.07. The third kappa shape index (κ3) is 3.97. The van der Waals surface area contributed by atoms with Gasteiger partial charge in [-0.3, -0.25) is 9.80 Å². The van der Waals surface area contributed by atoms with Gasteiger partial charge in [0.05, 0.1) is 0 Å². The molecule has 20 heavy (non-hydrogen) atoms. The Bertz CT molecular complexity index is 301. The van der Waals surface area contributed by atoms with E-state index in [0.29, 0.717) is 6.04 Å². The van der Waals surface area contributed by atoms with Crippen LogP contribution in [-0.4, -0.2) is 60.6 Å². The summed E-state index contributed by atoms with van der Waals surface area (Å²) in [5.41, 5.74) is 2.87. The van der Waals surface area contributed by atoms with Crippen LogP contribution in [0, 0.1) is 0 Å². The highest BCUT2D eigenvalue weighted by Crippen LogP contribution is 2.27. The van der Waals surface area contributed by atoms with Gasteiger partial charge in [0.15, 0.2) is 0 Å². The minimum Gasteiger partial charge on any atom is -0.314 e. The Kier molecular flexibility index (Phi) is 6.34. The summed E-state index contributed by atoms with van der Waals surface area (Å²) in [4.78, 5) is 5.03. The van der Waals surface area contributed by atoms with Crippen molar-refractivity contribution in [3.63, 3.8) is 0 Å². The zero-order valence-corrected chi connectivity index (χ0v) is 14.0. The molecule has 2 unspecified atom stereocenters. The third-order valence-corrected chi connectivity index (χ3v) is 5.21. The van der Waals surface area contributed by atoms with Gasteiger partial charge in [0, 0.05) is 32.2 Å². The number of piperazine rings is 1. The molecule has 0 aromatic rings. The number of hydrogen-bond acceptors (Lipinski definition) is 3. The summed E-state index contributed by atoms with van der Waals surface area (Å²) < 4.78 is 0. The number of alkyl halides is 1. The topological polar surface area (TPSA) is 18.5 Å². The maximum atomic E-state index is 6.85. The molecule has 2 saturated heterocycles. The Hall–Kier alpha value is -0.0900. The second-order valence-corrected chi connectivity index (χ2v) is 6.76. The van der Waals surface area contributed by atoms with Gasteiger partial charge in [0.1, 0.15) is 5.50 Å². The van der Waals surface area contributed by atoms with E-state index in [0.717, 1.165) is 26.2 Å². The van der Waals surface area contributed by atoms with Crippen LogP contribution in [0.25, 0.3) is 0 Å². The van der Waals surface area contributed by atoms with Gasteiger partial charge in [0.2, 0.25) is 0 Å². The number of halogens is 1. The monoisotopic (exact) mass is 299 g/mol. The van der Waals surface area contributed by atoms with E-state index in [1.54, 1.807) is 0 Å². The van der Waals surface area contributed by atoms with Crippen molar-refractivity contribution in [1.82, 2.24) is 15.1 Å². The summed E-state index contributed by atoms with van der Waals surface area (Å²) in [6, 6.07) is 0.470. The van der Waals surface area contributed by atoms with E-state index >= 15 is 0 Å². The van der Waals surface area contributed by atoms with E-state index in [1.165, 1.54) is 43.5 Å². The lowest BCUT2D eigenvalue weighted by Gasteiger charge is -2.40. The molecule has 2 atom stereocenters. The van der Waals surface area contributed by atoms with Crippen molar-refractivity contribution >= 4 is 11.6 Å². The Labute approximate surface area is 129 Å². The van der Waals surface area contributed by atoms with Gasteiger partial charge in [-0.15, -0.1) is 11.6 Å². The summed E-state index contributed by atoms with van der Waals surface area (Å²) in [5, 5.41) is 3.40. The normalized spacial score (nSPS) is 25.2. The zero-order chi connectivity index (χ0) is 14.5. The Morgan fingerprint density at radius 1 is 0.950 bits per heavy atom. The van der Waals surface area contributed by atoms with Gasteiger partial charge in [-0.1, -0.05) is 12.0 Å². The highest BCUT2D eigenvalue weighted by molar-refractivity contribution is 6.22. The van der Waals surface area contributed by atoms with Crippen LogP contribution in [0.3, 0.4) is 0 Å². The number of hydrogen-bond donors (Lipinski definition) is 1. The van der Waals surface area contributed by atoms with Crippen LogP contribution in [0.2, 0.25) is 0 Å². The molecule has 0 aromatic heterocycles. The van der Waals surface area contributed by atoms with E-state index in [9.17, 15) is 0 Å². The molecule has 1 N–H and O–H groups in total. The number of nitrogens with one attached hydrogen (secondary N) is 1. The molecule has 2 rings (SSSR count). The fraction of sp³-hybridized carbons (Fsp3) is 0.875. The predicted octanol–water partition coefficient (Wildman–Crippen LogP) is 2.67. The first-order chi connectivity index (χ1) is 9.61. The van der Waals surface area contributed by atoms with E-state index in [2.05, 4.69) is 35.9 Å². The summed E-state index contributed by atoms with van der Waals surface area (Å²) in [5.74, 6) is 0. The van der Waals surface area contributed by atoms with E-state index in [1.807, 2.05) is 0 Å². The average molecular weight is 300 g/mol. The number of rotatable bonds is 4. The van der Waals surface area contributed by atoms with Crippen molar-refractivity contribution in [2.45, 2.75) is 51.6 Å². The number of nitrogens with zero attached hydrogens (tertiary/aromatic N) is 2. The van der Waals surface area contributed by atoms with Crippen molar-refractivity contribution in [2.24, 2.45) is 0 Å². The lowest BCUT2D eigenvalue weighted by Crippen LogP contribution is -2.50. The number of piperidine rings is 1. The first-order valence-corrected chi connectivity index (χ1v) is 8.55. The lowest BCUT2D eigenvalue weighted by molar-refractivity contribution is 0.172. The molecule has 0 spiro atoms. The minimum atomic E-state index is 0.0547. The SMILES string of the molecule is CC(C)=C(C(C)N1CCCCC1)C(Cl)N1CCNCC1. The second-order valence-electron chi connectivity index (χ2n) is 6.35. The first kappa shape index (κ1) is 16.3. The van der Waals surface area contributed by atoms with Crippen LogP contribution >= 0.6 is 11.6 Å². The predicted molar refractivity (Wildman–Crippen MR) is 87.3 cm³/mol. The van der Waals surface area contributed by atoms with Gasteiger partial charge in [0.25, 0.3) is 0 Å². The molecule has 0 aromatic carbocycles. The fourth-order valence-corrected chi connectivity index (χ4v) is 4.06. The zero-order valence-electron chi connectivity index (χ0n) is 13.3. The third-order valence-electron chi connectivity index (χ3n) is 4.69. The molecular formula is C16H30ClN3. The van der Waals surface area contributed by atoms with Crippen molar-refractivity contribution in [1.29, 1.82) is 0 Å². The van der Waals surface area contributed by atoms with Crippen molar-refractivity contribution in [3.8, 4) is 0 Å². The number of allylic oxidation sites excluding steroid dienone is 1. The van der Waals surface area contributed by atoms with Gasteiger partial charge in [-0.05, 0) is 52.3 Å². The summed E-state index contributed by atoms with van der Waals surface area (Å²) in [6.07, 6.45) is 4.05. The summed E-state index contributed by atoms with van der Waals surface area (Å²) in [6.45, 7) is 13.4. The molecule has 2 aliphatic rings. The van der Waals surface area contributed by atoms with Gasteiger partial charge in [-0.2, -0.15) is 0 Å². The molecule has 2 aliphatic heterocycles. The molecule has 0 bridgehead atoms. The molecule has 116 valence electrons. The molecular weight excluding hydrogens is 270 g/mol. The van der Waals surface area contributed by atoms with Crippen molar-refractivity contribution < 1.29 is 0 Å². The highest BCUT2D eigenvalue weighted by atomic mass is 35.5. The lowest BCUT2D eigenvalue weighted by atomic mass is 9.98. The van der Waals surface area contributed by atoms with Crippen molar-refractivity contribution in [3.05, 3.63) is 11.1 Å². The fourth-order valence-electron chi connectivity index (χ4n) is 3.46. The van der Waals surface area contributed by atoms with E-state index in [4.69, 9.17) is 11.6 Å². The maximum absolute atomic E-state index is 6.85. The standard InChI is InChI=1S/C16H30ClN3/c1-13(2)15(14(3)19-9-5-4-6-10-19)16(17)20-11-7-18-8-12-20/h14,16,18H,4-12H2,1-3H3. The van der Waals surface area contributed by atoms with Crippen molar-refractivity contribution in [2.75, 3.05) is 39.3 Å². The molecule has 2 heterocycles. The van der Waals surface area contributed by atoms with Gasteiger partial charge >= 0.3 is 0 Å². The largest absolute Gasteiger partial charge is 0.314 e. The highest BCUT2D eigenvalue weighted by Gasteiger charge is 2.29. The average Bonchev–Trinajstić information content (AvgIpc) is 2.48. The van der Waals surface area contributed by atoms with Gasteiger partial charge < -0.3 is 5.32 Å². The van der Waals surface area contributed by atoms with Crippen LogP contribution in [0.1, 0.15) is 40.0 Å². The van der Waals surface area contributed by atoms with Crippen LogP contribution < -0.4 is 5.32 Å². The molecule has 4 heteroatoms. The molecule has 3 nitrogen and oxygen atoms in total.